The van der Waals surface area contributed by atoms with Gasteiger partial charge in [0.05, 0.1) is 0 Å². The maximum Gasteiger partial charge on any atom is 0.152 e. The van der Waals surface area contributed by atoms with Crippen LogP contribution in [0.2, 0.25) is 0 Å². The second-order valence-corrected chi connectivity index (χ2v) is 4.69. The smallest absolute Gasteiger partial charge is 0.152 e. The fraction of sp³-hybridized carbons (Fsp3) is 0.100. The maximum absolute atomic E-state index is 9.69. The molecule has 1 aromatic heterocycles. The van der Waals surface area contributed by atoms with Gasteiger partial charge in [-0.2, -0.15) is 5.26 Å². The Kier molecular flexibility index (Phi) is 2.36. The van der Waals surface area contributed by atoms with E-state index in [4.69, 9.17) is 5.26 Å². The van der Waals surface area contributed by atoms with Gasteiger partial charge in [0.1, 0.15) is 10.9 Å². The first-order valence-corrected chi connectivity index (χ1v) is 6.00. The van der Waals surface area contributed by atoms with E-state index in [-0.39, 0.29) is 5.75 Å². The summed E-state index contributed by atoms with van der Waals surface area (Å²) < 4.78 is 0.955. The number of aromatic hydroxyl groups is 1. The van der Waals surface area contributed by atoms with Crippen molar-refractivity contribution in [3.63, 3.8) is 0 Å². The van der Waals surface area contributed by atoms with Crippen molar-refractivity contribution in [2.45, 2.75) is 4.90 Å². The van der Waals surface area contributed by atoms with E-state index in [2.05, 4.69) is 0 Å². The molecule has 0 fully saturated rings. The van der Waals surface area contributed by atoms with Crippen molar-refractivity contribution in [3.05, 3.63) is 23.1 Å². The third-order valence-corrected chi connectivity index (χ3v) is 3.76. The summed E-state index contributed by atoms with van der Waals surface area (Å²) in [5.41, 5.74) is 0. The number of hydrogen-bond donors (Lipinski definition) is 1. The Morgan fingerprint density at radius 2 is 2.29 bits per heavy atom. The number of nitriles is 1. The fourth-order valence-corrected chi connectivity index (χ4v) is 2.58. The highest BCUT2D eigenvalue weighted by atomic mass is 32.2. The van der Waals surface area contributed by atoms with Crippen LogP contribution in [-0.2, 0) is 0 Å². The van der Waals surface area contributed by atoms with Gasteiger partial charge < -0.3 is 5.11 Å². The number of fused-ring (bicyclic) bond motifs is 1. The minimum Gasteiger partial charge on any atom is -0.505 e. The summed E-state index contributed by atoms with van der Waals surface area (Å²) in [5.74, 6) is 0.114. The molecule has 2 nitrogen and oxygen atoms in total. The Bertz CT molecular complexity index is 525. The van der Waals surface area contributed by atoms with E-state index in [1.165, 1.54) is 11.3 Å². The van der Waals surface area contributed by atoms with Crippen LogP contribution in [0.5, 0.6) is 5.75 Å². The molecule has 1 N–H and O–H groups in total. The average Bonchev–Trinajstić information content (AvgIpc) is 2.55. The first-order valence-electron chi connectivity index (χ1n) is 3.96. The molecule has 0 aliphatic carbocycles. The summed E-state index contributed by atoms with van der Waals surface area (Å²) in [4.78, 5) is 1.48. The Morgan fingerprint density at radius 1 is 1.50 bits per heavy atom. The van der Waals surface area contributed by atoms with Crippen LogP contribution in [0, 0.1) is 11.3 Å². The van der Waals surface area contributed by atoms with Crippen molar-refractivity contribution < 1.29 is 5.11 Å². The number of rotatable bonds is 1. The molecular formula is C10H7NOS2. The van der Waals surface area contributed by atoms with Crippen LogP contribution in [-0.4, -0.2) is 11.4 Å². The zero-order valence-corrected chi connectivity index (χ0v) is 9.08. The molecule has 0 saturated carbocycles. The molecule has 1 aromatic carbocycles. The predicted molar refractivity (Wildman–Crippen MR) is 60.0 cm³/mol. The van der Waals surface area contributed by atoms with Crippen LogP contribution >= 0.6 is 23.1 Å². The van der Waals surface area contributed by atoms with Crippen molar-refractivity contribution >= 4 is 33.2 Å². The van der Waals surface area contributed by atoms with E-state index in [1.54, 1.807) is 11.8 Å². The number of thiophene rings is 1. The lowest BCUT2D eigenvalue weighted by molar-refractivity contribution is 0.482. The van der Waals surface area contributed by atoms with Gasteiger partial charge in [0, 0.05) is 15.0 Å². The zero-order chi connectivity index (χ0) is 10.1. The Morgan fingerprint density at radius 3 is 2.93 bits per heavy atom. The molecule has 0 aliphatic rings. The van der Waals surface area contributed by atoms with Crippen molar-refractivity contribution in [2.24, 2.45) is 0 Å². The van der Waals surface area contributed by atoms with Crippen LogP contribution in [0.25, 0.3) is 10.1 Å². The van der Waals surface area contributed by atoms with Gasteiger partial charge in [0.15, 0.2) is 5.75 Å². The Labute approximate surface area is 89.8 Å². The Hall–Kier alpha value is -1.18. The third kappa shape index (κ3) is 1.35. The van der Waals surface area contributed by atoms with E-state index < -0.39 is 0 Å². The normalized spacial score (nSPS) is 10.3. The van der Waals surface area contributed by atoms with Crippen LogP contribution in [0.15, 0.2) is 23.1 Å². The molecule has 0 amide bonds. The molecule has 0 radical (unpaired) electrons. The number of hydrogen-bond acceptors (Lipinski definition) is 4. The molecule has 0 aliphatic heterocycles. The van der Waals surface area contributed by atoms with E-state index in [9.17, 15) is 5.11 Å². The van der Waals surface area contributed by atoms with Crippen LogP contribution in [0.3, 0.4) is 0 Å². The lowest BCUT2D eigenvalue weighted by atomic mass is 10.2. The lowest BCUT2D eigenvalue weighted by Crippen LogP contribution is -1.69. The molecule has 0 bridgehead atoms. The van der Waals surface area contributed by atoms with Gasteiger partial charge in [-0.1, -0.05) is 0 Å². The van der Waals surface area contributed by atoms with Crippen LogP contribution in [0.1, 0.15) is 4.88 Å². The molecule has 70 valence electrons. The monoisotopic (exact) mass is 221 g/mol. The first-order chi connectivity index (χ1) is 6.76. The van der Waals surface area contributed by atoms with Crippen LogP contribution in [0.4, 0.5) is 0 Å². The van der Waals surface area contributed by atoms with Crippen molar-refractivity contribution in [3.8, 4) is 11.8 Å². The van der Waals surface area contributed by atoms with Gasteiger partial charge in [0.2, 0.25) is 0 Å². The molecule has 4 heteroatoms. The summed E-state index contributed by atoms with van der Waals surface area (Å²) in [7, 11) is 0. The SMILES string of the molecule is CSc1ccc2sc(C#N)c(O)c2c1. The molecule has 0 saturated heterocycles. The highest BCUT2D eigenvalue weighted by Gasteiger charge is 2.10. The van der Waals surface area contributed by atoms with Gasteiger partial charge >= 0.3 is 0 Å². The highest BCUT2D eigenvalue weighted by molar-refractivity contribution is 7.98. The largest absolute Gasteiger partial charge is 0.505 e. The molecule has 0 atom stereocenters. The summed E-state index contributed by atoms with van der Waals surface area (Å²) in [5, 5.41) is 19.2. The Balaban J connectivity index is 2.76. The van der Waals surface area contributed by atoms with Crippen molar-refractivity contribution in [1.82, 2.24) is 0 Å². The maximum atomic E-state index is 9.69. The standard InChI is InChI=1S/C10H7NOS2/c1-13-6-2-3-8-7(4-6)10(12)9(5-11)14-8/h2-4,12H,1H3. The second-order valence-electron chi connectivity index (χ2n) is 2.75. The molecule has 2 rings (SSSR count). The van der Waals surface area contributed by atoms with Crippen molar-refractivity contribution in [1.29, 1.82) is 5.26 Å². The molecular weight excluding hydrogens is 214 g/mol. The van der Waals surface area contributed by atoms with E-state index in [0.717, 1.165) is 15.0 Å². The second kappa shape index (κ2) is 3.52. The summed E-state index contributed by atoms with van der Waals surface area (Å²) in [6, 6.07) is 7.82. The van der Waals surface area contributed by atoms with Crippen molar-refractivity contribution in [2.75, 3.05) is 6.26 Å². The topological polar surface area (TPSA) is 44.0 Å². The average molecular weight is 221 g/mol. The minimum absolute atomic E-state index is 0.114. The quantitative estimate of drug-likeness (QED) is 0.752. The molecule has 0 unspecified atom stereocenters. The minimum atomic E-state index is 0.114. The fourth-order valence-electron chi connectivity index (χ4n) is 1.27. The van der Waals surface area contributed by atoms with E-state index in [1.807, 2.05) is 30.5 Å². The van der Waals surface area contributed by atoms with Gasteiger partial charge in [-0.3, -0.25) is 0 Å². The molecule has 14 heavy (non-hydrogen) atoms. The summed E-state index contributed by atoms with van der Waals surface area (Å²) >= 11 is 2.94. The van der Waals surface area contributed by atoms with Gasteiger partial charge in [-0.15, -0.1) is 23.1 Å². The lowest BCUT2D eigenvalue weighted by Gasteiger charge is -1.95. The number of thioether (sulfide) groups is 1. The van der Waals surface area contributed by atoms with Crippen LogP contribution < -0.4 is 0 Å². The van der Waals surface area contributed by atoms with E-state index >= 15 is 0 Å². The van der Waals surface area contributed by atoms with Gasteiger partial charge in [-0.25, -0.2) is 0 Å². The highest BCUT2D eigenvalue weighted by Crippen LogP contribution is 2.37. The number of nitrogens with zero attached hydrogens (tertiary/aromatic N) is 1. The molecule has 0 spiro atoms. The zero-order valence-electron chi connectivity index (χ0n) is 7.44. The predicted octanol–water partition coefficient (Wildman–Crippen LogP) is 3.20. The number of benzene rings is 1. The third-order valence-electron chi connectivity index (χ3n) is 1.97. The van der Waals surface area contributed by atoms with E-state index in [0.29, 0.717) is 4.88 Å². The summed E-state index contributed by atoms with van der Waals surface area (Å²) in [6.07, 6.45) is 1.98. The molecule has 1 heterocycles. The molecule has 2 aromatic rings. The first kappa shape index (κ1) is 9.38. The van der Waals surface area contributed by atoms with Gasteiger partial charge in [-0.05, 0) is 24.5 Å². The van der Waals surface area contributed by atoms with Gasteiger partial charge in [0.25, 0.3) is 0 Å². The summed E-state index contributed by atoms with van der Waals surface area (Å²) in [6.45, 7) is 0.